The summed E-state index contributed by atoms with van der Waals surface area (Å²) in [5.74, 6) is -0.985. The lowest BCUT2D eigenvalue weighted by molar-refractivity contribution is -0.385. The van der Waals surface area contributed by atoms with Gasteiger partial charge in [0.25, 0.3) is 0 Å². The van der Waals surface area contributed by atoms with Gasteiger partial charge < -0.3 is 14.8 Å². The molecular formula is C13H15ClN2O6. The lowest BCUT2D eigenvalue weighted by atomic mass is 10.1. The summed E-state index contributed by atoms with van der Waals surface area (Å²) in [4.78, 5) is 33.7. The summed E-state index contributed by atoms with van der Waals surface area (Å²) in [6, 6.07) is 2.29. The molecular weight excluding hydrogens is 316 g/mol. The van der Waals surface area contributed by atoms with Crippen molar-refractivity contribution in [3.63, 3.8) is 0 Å². The second-order valence-electron chi connectivity index (χ2n) is 4.17. The number of hydrogen-bond acceptors (Lipinski definition) is 6. The van der Waals surface area contributed by atoms with Crippen molar-refractivity contribution in [2.24, 2.45) is 0 Å². The molecule has 0 aliphatic rings. The number of rotatable bonds is 7. The number of hydrogen-bond donors (Lipinski definition) is 1. The molecule has 0 aliphatic carbocycles. The molecule has 0 radical (unpaired) electrons. The largest absolute Gasteiger partial charge is 0.489 e. The number of alkyl halides is 1. The molecule has 120 valence electrons. The predicted molar refractivity (Wildman–Crippen MR) is 79.6 cm³/mol. The molecule has 0 atom stereocenters. The summed E-state index contributed by atoms with van der Waals surface area (Å²) in [6.45, 7) is 0. The second kappa shape index (κ2) is 8.18. The number of esters is 1. The Kier molecular flexibility index (Phi) is 6.58. The Bertz CT molecular complexity index is 590. The molecule has 0 saturated heterocycles. The molecule has 0 heterocycles. The van der Waals surface area contributed by atoms with Crippen LogP contribution in [0.5, 0.6) is 5.75 Å². The molecule has 1 aromatic carbocycles. The molecule has 0 saturated carbocycles. The zero-order valence-corrected chi connectivity index (χ0v) is 12.8. The average molecular weight is 331 g/mol. The number of methoxy groups -OCH3 is 2. The normalized spacial score (nSPS) is 9.95. The van der Waals surface area contributed by atoms with Gasteiger partial charge in [0.2, 0.25) is 11.7 Å². The van der Waals surface area contributed by atoms with Gasteiger partial charge in [-0.15, -0.1) is 11.6 Å². The Morgan fingerprint density at radius 3 is 2.55 bits per heavy atom. The van der Waals surface area contributed by atoms with Crippen LogP contribution in [0, 0.1) is 10.1 Å². The van der Waals surface area contributed by atoms with Crippen molar-refractivity contribution >= 4 is 34.9 Å². The number of nitro benzene ring substituents is 1. The van der Waals surface area contributed by atoms with Crippen molar-refractivity contribution in [2.75, 3.05) is 25.4 Å². The van der Waals surface area contributed by atoms with Gasteiger partial charge in [0.15, 0.2) is 0 Å². The molecule has 0 spiro atoms. The van der Waals surface area contributed by atoms with E-state index in [1.807, 2.05) is 0 Å². The Morgan fingerprint density at radius 1 is 1.36 bits per heavy atom. The van der Waals surface area contributed by atoms with Crippen molar-refractivity contribution in [1.29, 1.82) is 0 Å². The number of amides is 1. The zero-order valence-electron chi connectivity index (χ0n) is 12.1. The quantitative estimate of drug-likeness (QED) is 0.356. The number of anilines is 1. The summed E-state index contributed by atoms with van der Waals surface area (Å²) in [7, 11) is 2.38. The fourth-order valence-corrected chi connectivity index (χ4v) is 1.87. The summed E-state index contributed by atoms with van der Waals surface area (Å²) in [5, 5.41) is 13.6. The van der Waals surface area contributed by atoms with Crippen molar-refractivity contribution in [2.45, 2.75) is 12.8 Å². The van der Waals surface area contributed by atoms with Crippen molar-refractivity contribution < 1.29 is 24.0 Å². The molecule has 0 aromatic heterocycles. The predicted octanol–water partition coefficient (Wildman–Crippen LogP) is 2.35. The first-order valence-corrected chi connectivity index (χ1v) is 6.78. The standard InChI is InChI=1S/C13H15ClN2O6/c1-21-12-9(15-11(17)4-3-5-14)6-8(13(18)22-2)7-10(12)16(19)20/h6-7H,3-5H2,1-2H3,(H,15,17). The minimum Gasteiger partial charge on any atom is -0.489 e. The van der Waals surface area contributed by atoms with E-state index in [0.717, 1.165) is 13.2 Å². The van der Waals surface area contributed by atoms with Crippen LogP contribution in [0.2, 0.25) is 0 Å². The van der Waals surface area contributed by atoms with Crippen molar-refractivity contribution in [1.82, 2.24) is 0 Å². The van der Waals surface area contributed by atoms with Crippen LogP contribution < -0.4 is 10.1 Å². The van der Waals surface area contributed by atoms with Crippen LogP contribution >= 0.6 is 11.6 Å². The molecule has 1 rings (SSSR count). The number of nitro groups is 1. The van der Waals surface area contributed by atoms with E-state index in [0.29, 0.717) is 12.3 Å². The third kappa shape index (κ3) is 4.32. The fourth-order valence-electron chi connectivity index (χ4n) is 1.73. The highest BCUT2D eigenvalue weighted by molar-refractivity contribution is 6.18. The highest BCUT2D eigenvalue weighted by Crippen LogP contribution is 2.36. The van der Waals surface area contributed by atoms with Crippen LogP contribution in [-0.2, 0) is 9.53 Å². The van der Waals surface area contributed by atoms with Gasteiger partial charge >= 0.3 is 11.7 Å². The summed E-state index contributed by atoms with van der Waals surface area (Å²) < 4.78 is 9.51. The van der Waals surface area contributed by atoms with E-state index in [9.17, 15) is 19.7 Å². The van der Waals surface area contributed by atoms with E-state index in [1.54, 1.807) is 0 Å². The number of ether oxygens (including phenoxy) is 2. The first kappa shape index (κ1) is 17.7. The molecule has 22 heavy (non-hydrogen) atoms. The average Bonchev–Trinajstić information content (AvgIpc) is 2.51. The van der Waals surface area contributed by atoms with Gasteiger partial charge in [-0.1, -0.05) is 0 Å². The zero-order chi connectivity index (χ0) is 16.7. The fraction of sp³-hybridized carbons (Fsp3) is 0.385. The summed E-state index contributed by atoms with van der Waals surface area (Å²) in [5.41, 5.74) is -0.489. The minimum atomic E-state index is -0.762. The maximum atomic E-state index is 11.8. The van der Waals surface area contributed by atoms with Gasteiger partial charge in [0.1, 0.15) is 0 Å². The molecule has 0 bridgehead atoms. The van der Waals surface area contributed by atoms with Gasteiger partial charge in [0.05, 0.1) is 30.4 Å². The van der Waals surface area contributed by atoms with Gasteiger partial charge in [-0.2, -0.15) is 0 Å². The van der Waals surface area contributed by atoms with Crippen LogP contribution in [-0.4, -0.2) is 36.9 Å². The molecule has 0 unspecified atom stereocenters. The van der Waals surface area contributed by atoms with Gasteiger partial charge in [-0.25, -0.2) is 4.79 Å². The van der Waals surface area contributed by atoms with E-state index in [4.69, 9.17) is 16.3 Å². The number of nitrogens with zero attached hydrogens (tertiary/aromatic N) is 1. The minimum absolute atomic E-state index is 0.0247. The third-order valence-corrected chi connectivity index (χ3v) is 2.97. The maximum absolute atomic E-state index is 11.8. The molecule has 1 amide bonds. The third-order valence-electron chi connectivity index (χ3n) is 2.70. The first-order valence-electron chi connectivity index (χ1n) is 6.25. The second-order valence-corrected chi connectivity index (χ2v) is 4.54. The number of halogens is 1. The summed E-state index contributed by atoms with van der Waals surface area (Å²) in [6.07, 6.45) is 0.595. The lowest BCUT2D eigenvalue weighted by Gasteiger charge is -2.12. The highest BCUT2D eigenvalue weighted by atomic mass is 35.5. The molecule has 1 N–H and O–H groups in total. The number of nitrogens with one attached hydrogen (secondary N) is 1. The van der Waals surface area contributed by atoms with E-state index < -0.39 is 22.5 Å². The Hall–Kier alpha value is -2.35. The Balaban J connectivity index is 3.27. The monoisotopic (exact) mass is 330 g/mol. The Labute approximate surface area is 131 Å². The first-order chi connectivity index (χ1) is 10.4. The summed E-state index contributed by atoms with van der Waals surface area (Å²) >= 11 is 5.50. The molecule has 8 nitrogen and oxygen atoms in total. The SMILES string of the molecule is COC(=O)c1cc(NC(=O)CCCCl)c(OC)c([N+](=O)[O-])c1. The molecule has 9 heteroatoms. The number of benzene rings is 1. The van der Waals surface area contributed by atoms with E-state index in [-0.39, 0.29) is 23.4 Å². The number of carbonyl (C=O) groups excluding carboxylic acids is 2. The van der Waals surface area contributed by atoms with Crippen LogP contribution in [0.4, 0.5) is 11.4 Å². The molecule has 1 aromatic rings. The number of carbonyl (C=O) groups is 2. The Morgan fingerprint density at radius 2 is 2.05 bits per heavy atom. The molecule has 0 aliphatic heterocycles. The van der Waals surface area contributed by atoms with Gasteiger partial charge in [-0.05, 0) is 12.5 Å². The van der Waals surface area contributed by atoms with Gasteiger partial charge in [0, 0.05) is 18.4 Å². The van der Waals surface area contributed by atoms with E-state index >= 15 is 0 Å². The lowest BCUT2D eigenvalue weighted by Crippen LogP contribution is -2.14. The van der Waals surface area contributed by atoms with Crippen LogP contribution in [0.15, 0.2) is 12.1 Å². The highest BCUT2D eigenvalue weighted by Gasteiger charge is 2.24. The maximum Gasteiger partial charge on any atom is 0.338 e. The van der Waals surface area contributed by atoms with Gasteiger partial charge in [-0.3, -0.25) is 14.9 Å². The van der Waals surface area contributed by atoms with Crippen LogP contribution in [0.25, 0.3) is 0 Å². The topological polar surface area (TPSA) is 108 Å². The van der Waals surface area contributed by atoms with E-state index in [1.165, 1.54) is 13.2 Å². The van der Waals surface area contributed by atoms with E-state index in [2.05, 4.69) is 10.1 Å². The molecule has 0 fully saturated rings. The van der Waals surface area contributed by atoms with Crippen molar-refractivity contribution in [3.8, 4) is 5.75 Å². The van der Waals surface area contributed by atoms with Crippen molar-refractivity contribution in [3.05, 3.63) is 27.8 Å². The smallest absolute Gasteiger partial charge is 0.338 e. The van der Waals surface area contributed by atoms with Crippen LogP contribution in [0.1, 0.15) is 23.2 Å². The van der Waals surface area contributed by atoms with Crippen LogP contribution in [0.3, 0.4) is 0 Å².